The lowest BCUT2D eigenvalue weighted by molar-refractivity contribution is -0.384. The predicted octanol–water partition coefficient (Wildman–Crippen LogP) is 2.82. The number of hydrogen-bond acceptors (Lipinski definition) is 6. The number of nitro groups is 1. The zero-order valence-electron chi connectivity index (χ0n) is 12.4. The zero-order valence-corrected chi connectivity index (χ0v) is 12.4. The quantitative estimate of drug-likeness (QED) is 0.674. The summed E-state index contributed by atoms with van der Waals surface area (Å²) in [6.07, 6.45) is -0.682. The molecule has 0 fully saturated rings. The Hall–Kier alpha value is -2.90. The SMILES string of the molecule is CC(C)(C)OC(=O)n1nc(-c2ccc([N+](=O)[O-])cc2)cc1N. The fourth-order valence-corrected chi connectivity index (χ4v) is 1.74. The number of benzene rings is 1. The van der Waals surface area contributed by atoms with Crippen LogP contribution in [0.2, 0.25) is 0 Å². The number of anilines is 1. The van der Waals surface area contributed by atoms with Crippen LogP contribution in [0.25, 0.3) is 11.3 Å². The standard InChI is InChI=1S/C14H16N4O4/c1-14(2,3)22-13(19)17-12(15)8-11(16-17)9-4-6-10(7-5-9)18(20)21/h4-8H,15H2,1-3H3. The van der Waals surface area contributed by atoms with Crippen LogP contribution in [-0.2, 0) is 4.74 Å². The third-order valence-corrected chi connectivity index (χ3v) is 2.68. The summed E-state index contributed by atoms with van der Waals surface area (Å²) >= 11 is 0. The zero-order chi connectivity index (χ0) is 16.5. The summed E-state index contributed by atoms with van der Waals surface area (Å²) in [4.78, 5) is 22.1. The monoisotopic (exact) mass is 304 g/mol. The van der Waals surface area contributed by atoms with Crippen LogP contribution in [0, 0.1) is 10.1 Å². The highest BCUT2D eigenvalue weighted by Crippen LogP contribution is 2.23. The fraction of sp³-hybridized carbons (Fsp3) is 0.286. The molecule has 0 aliphatic heterocycles. The van der Waals surface area contributed by atoms with Gasteiger partial charge in [0, 0.05) is 23.8 Å². The van der Waals surface area contributed by atoms with Gasteiger partial charge in [-0.15, -0.1) is 4.68 Å². The van der Waals surface area contributed by atoms with Gasteiger partial charge in [-0.25, -0.2) is 4.79 Å². The van der Waals surface area contributed by atoms with E-state index in [0.717, 1.165) is 4.68 Å². The lowest BCUT2D eigenvalue weighted by Gasteiger charge is -2.19. The predicted molar refractivity (Wildman–Crippen MR) is 80.4 cm³/mol. The normalized spacial score (nSPS) is 11.2. The van der Waals surface area contributed by atoms with E-state index in [0.29, 0.717) is 11.3 Å². The summed E-state index contributed by atoms with van der Waals surface area (Å²) in [6.45, 7) is 5.21. The number of rotatable bonds is 2. The molecule has 0 spiro atoms. The van der Waals surface area contributed by atoms with Crippen molar-refractivity contribution >= 4 is 17.6 Å². The lowest BCUT2D eigenvalue weighted by atomic mass is 10.1. The third-order valence-electron chi connectivity index (χ3n) is 2.68. The second-order valence-corrected chi connectivity index (χ2v) is 5.65. The fourth-order valence-electron chi connectivity index (χ4n) is 1.74. The number of ether oxygens (including phenoxy) is 1. The minimum absolute atomic E-state index is 0.0247. The van der Waals surface area contributed by atoms with Gasteiger partial charge in [-0.2, -0.15) is 5.10 Å². The number of hydrogen-bond donors (Lipinski definition) is 1. The van der Waals surface area contributed by atoms with E-state index in [2.05, 4.69) is 5.10 Å². The minimum Gasteiger partial charge on any atom is -0.442 e. The molecule has 0 aliphatic rings. The molecular weight excluding hydrogens is 288 g/mol. The molecule has 0 atom stereocenters. The number of nitrogens with two attached hydrogens (primary N) is 1. The van der Waals surface area contributed by atoms with E-state index in [1.54, 1.807) is 32.9 Å². The van der Waals surface area contributed by atoms with Crippen LogP contribution in [0.4, 0.5) is 16.3 Å². The van der Waals surface area contributed by atoms with E-state index in [4.69, 9.17) is 10.5 Å². The molecule has 22 heavy (non-hydrogen) atoms. The van der Waals surface area contributed by atoms with E-state index in [1.807, 2.05) is 0 Å². The Labute approximate surface area is 126 Å². The largest absolute Gasteiger partial charge is 0.442 e. The topological polar surface area (TPSA) is 113 Å². The molecule has 1 aromatic heterocycles. The smallest absolute Gasteiger partial charge is 0.437 e. The first kappa shape index (κ1) is 15.5. The van der Waals surface area contributed by atoms with Crippen LogP contribution >= 0.6 is 0 Å². The van der Waals surface area contributed by atoms with Crippen molar-refractivity contribution in [2.45, 2.75) is 26.4 Å². The number of carbonyl (C=O) groups is 1. The van der Waals surface area contributed by atoms with Crippen molar-refractivity contribution in [3.63, 3.8) is 0 Å². The average Bonchev–Trinajstić information content (AvgIpc) is 2.79. The summed E-state index contributed by atoms with van der Waals surface area (Å²) < 4.78 is 6.16. The highest BCUT2D eigenvalue weighted by atomic mass is 16.6. The molecule has 8 nitrogen and oxygen atoms in total. The second kappa shape index (κ2) is 5.47. The second-order valence-electron chi connectivity index (χ2n) is 5.65. The highest BCUT2D eigenvalue weighted by molar-refractivity contribution is 5.76. The molecule has 2 rings (SSSR count). The number of nitro benzene ring substituents is 1. The molecule has 0 saturated carbocycles. The molecule has 0 bridgehead atoms. The number of nitrogen functional groups attached to an aromatic ring is 1. The summed E-state index contributed by atoms with van der Waals surface area (Å²) in [5.74, 6) is 0.127. The summed E-state index contributed by atoms with van der Waals surface area (Å²) in [5, 5.41) is 14.7. The maximum absolute atomic E-state index is 12.0. The summed E-state index contributed by atoms with van der Waals surface area (Å²) in [7, 11) is 0. The molecule has 2 aromatic rings. The van der Waals surface area contributed by atoms with Crippen LogP contribution in [0.15, 0.2) is 30.3 Å². The van der Waals surface area contributed by atoms with Crippen LogP contribution in [0.5, 0.6) is 0 Å². The van der Waals surface area contributed by atoms with Gasteiger partial charge in [0.1, 0.15) is 11.4 Å². The Balaban J connectivity index is 2.29. The molecular formula is C14H16N4O4. The van der Waals surface area contributed by atoms with E-state index >= 15 is 0 Å². The van der Waals surface area contributed by atoms with Crippen molar-refractivity contribution in [1.29, 1.82) is 0 Å². The first-order valence-corrected chi connectivity index (χ1v) is 6.51. The molecule has 1 heterocycles. The van der Waals surface area contributed by atoms with Crippen molar-refractivity contribution < 1.29 is 14.5 Å². The first-order chi connectivity index (χ1) is 10.2. The van der Waals surface area contributed by atoms with Gasteiger partial charge in [-0.05, 0) is 32.9 Å². The average molecular weight is 304 g/mol. The van der Waals surface area contributed by atoms with E-state index in [-0.39, 0.29) is 11.5 Å². The number of carbonyl (C=O) groups excluding carboxylic acids is 1. The van der Waals surface area contributed by atoms with Crippen LogP contribution in [-0.4, -0.2) is 26.4 Å². The Morgan fingerprint density at radius 2 is 1.91 bits per heavy atom. The van der Waals surface area contributed by atoms with Gasteiger partial charge in [0.15, 0.2) is 0 Å². The maximum Gasteiger partial charge on any atom is 0.437 e. The van der Waals surface area contributed by atoms with E-state index in [1.165, 1.54) is 18.2 Å². The van der Waals surface area contributed by atoms with E-state index < -0.39 is 16.6 Å². The number of nitrogens with zero attached hydrogens (tertiary/aromatic N) is 3. The van der Waals surface area contributed by atoms with E-state index in [9.17, 15) is 14.9 Å². The number of non-ortho nitro benzene ring substituents is 1. The molecule has 8 heteroatoms. The van der Waals surface area contributed by atoms with Gasteiger partial charge in [-0.3, -0.25) is 10.1 Å². The Morgan fingerprint density at radius 3 is 2.41 bits per heavy atom. The Kier molecular flexibility index (Phi) is 3.85. The van der Waals surface area contributed by atoms with Crippen molar-refractivity contribution in [2.75, 3.05) is 5.73 Å². The lowest BCUT2D eigenvalue weighted by Crippen LogP contribution is -2.28. The van der Waals surface area contributed by atoms with Gasteiger partial charge in [-0.1, -0.05) is 0 Å². The van der Waals surface area contributed by atoms with Gasteiger partial charge in [0.2, 0.25) is 0 Å². The van der Waals surface area contributed by atoms with Gasteiger partial charge < -0.3 is 10.5 Å². The summed E-state index contributed by atoms with van der Waals surface area (Å²) in [5.41, 5.74) is 6.12. The molecule has 2 N–H and O–H groups in total. The van der Waals surface area contributed by atoms with Crippen LogP contribution in [0.3, 0.4) is 0 Å². The molecule has 0 unspecified atom stereocenters. The van der Waals surface area contributed by atoms with Crippen molar-refractivity contribution in [3.05, 3.63) is 40.4 Å². The maximum atomic E-state index is 12.0. The highest BCUT2D eigenvalue weighted by Gasteiger charge is 2.21. The van der Waals surface area contributed by atoms with Crippen LogP contribution in [0.1, 0.15) is 20.8 Å². The van der Waals surface area contributed by atoms with Gasteiger partial charge in [0.05, 0.1) is 10.6 Å². The minimum atomic E-state index is -0.682. The number of aromatic nitrogens is 2. The molecule has 0 radical (unpaired) electrons. The molecule has 0 amide bonds. The summed E-state index contributed by atoms with van der Waals surface area (Å²) in [6, 6.07) is 7.31. The van der Waals surface area contributed by atoms with Crippen molar-refractivity contribution in [1.82, 2.24) is 9.78 Å². The van der Waals surface area contributed by atoms with Crippen molar-refractivity contribution in [3.8, 4) is 11.3 Å². The first-order valence-electron chi connectivity index (χ1n) is 6.51. The van der Waals surface area contributed by atoms with Gasteiger partial charge in [0.25, 0.3) is 5.69 Å². The molecule has 1 aromatic carbocycles. The van der Waals surface area contributed by atoms with Gasteiger partial charge >= 0.3 is 6.09 Å². The third kappa shape index (κ3) is 3.40. The molecule has 116 valence electrons. The Bertz CT molecular complexity index is 713. The molecule has 0 saturated heterocycles. The van der Waals surface area contributed by atoms with Crippen molar-refractivity contribution in [2.24, 2.45) is 0 Å². The molecule has 0 aliphatic carbocycles. The Morgan fingerprint density at radius 1 is 1.32 bits per heavy atom. The van der Waals surface area contributed by atoms with Crippen LogP contribution < -0.4 is 5.73 Å².